The van der Waals surface area contributed by atoms with E-state index in [9.17, 15) is 9.18 Å². The van der Waals surface area contributed by atoms with E-state index in [1.165, 1.54) is 23.0 Å². The Morgan fingerprint density at radius 3 is 2.80 bits per heavy atom. The van der Waals surface area contributed by atoms with Crippen LogP contribution in [0.1, 0.15) is 17.3 Å². The highest BCUT2D eigenvalue weighted by molar-refractivity contribution is 6.30. The summed E-state index contributed by atoms with van der Waals surface area (Å²) >= 11 is 6.13. The van der Waals surface area contributed by atoms with Gasteiger partial charge in [0.2, 0.25) is 5.89 Å². The summed E-state index contributed by atoms with van der Waals surface area (Å²) in [6.45, 7) is 2.18. The Hall–Kier alpha value is -3.52. The Balaban J connectivity index is 1.74. The minimum atomic E-state index is -0.392. The first-order valence-electron chi connectivity index (χ1n) is 9.20. The van der Waals surface area contributed by atoms with Crippen molar-refractivity contribution in [3.05, 3.63) is 87.3 Å². The van der Waals surface area contributed by atoms with E-state index in [2.05, 4.69) is 15.1 Å². The molecule has 5 aromatic rings. The van der Waals surface area contributed by atoms with E-state index in [0.29, 0.717) is 45.2 Å². The van der Waals surface area contributed by atoms with Crippen LogP contribution in [-0.2, 0) is 13.1 Å². The molecule has 5 rings (SSSR count). The zero-order chi connectivity index (χ0) is 20.8. The van der Waals surface area contributed by atoms with Crippen molar-refractivity contribution < 1.29 is 8.91 Å². The maximum absolute atomic E-state index is 14.0. The third kappa shape index (κ3) is 3.15. The second-order valence-corrected chi connectivity index (χ2v) is 7.42. The Kier molecular flexibility index (Phi) is 4.36. The normalized spacial score (nSPS) is 11.6. The number of rotatable bonds is 4. The van der Waals surface area contributed by atoms with Crippen molar-refractivity contribution in [2.75, 3.05) is 0 Å². The third-order valence-corrected chi connectivity index (χ3v) is 5.13. The van der Waals surface area contributed by atoms with Gasteiger partial charge in [-0.05, 0) is 42.8 Å². The zero-order valence-electron chi connectivity index (χ0n) is 15.8. The van der Waals surface area contributed by atoms with Crippen LogP contribution in [0.25, 0.3) is 21.9 Å². The van der Waals surface area contributed by atoms with Crippen LogP contribution in [0.5, 0.6) is 0 Å². The summed E-state index contributed by atoms with van der Waals surface area (Å²) in [5.74, 6) is 0.397. The van der Waals surface area contributed by atoms with Gasteiger partial charge in [0.25, 0.3) is 5.56 Å². The van der Waals surface area contributed by atoms with Crippen LogP contribution >= 0.6 is 11.6 Å². The molecule has 0 bridgehead atoms. The molecule has 7 nitrogen and oxygen atoms in total. The smallest absolute Gasteiger partial charge is 0.278 e. The summed E-state index contributed by atoms with van der Waals surface area (Å²) in [5, 5.41) is 4.92. The fourth-order valence-electron chi connectivity index (χ4n) is 3.62. The molecule has 150 valence electrons. The molecule has 0 fully saturated rings. The second-order valence-electron chi connectivity index (χ2n) is 6.99. The largest absolute Gasteiger partial charge is 0.337 e. The first-order valence-corrected chi connectivity index (χ1v) is 9.58. The lowest BCUT2D eigenvalue weighted by atomic mass is 10.2. The molecule has 3 heterocycles. The number of nitrogens with zero attached hydrogens (tertiary/aromatic N) is 5. The predicted molar refractivity (Wildman–Crippen MR) is 110 cm³/mol. The Morgan fingerprint density at radius 1 is 1.17 bits per heavy atom. The molecule has 0 saturated carbocycles. The van der Waals surface area contributed by atoms with Crippen molar-refractivity contribution >= 4 is 33.5 Å². The van der Waals surface area contributed by atoms with Crippen molar-refractivity contribution in [1.82, 2.24) is 24.3 Å². The number of aryl methyl sites for hydroxylation is 1. The van der Waals surface area contributed by atoms with E-state index < -0.39 is 5.82 Å². The maximum atomic E-state index is 14.0. The van der Waals surface area contributed by atoms with Gasteiger partial charge in [0, 0.05) is 17.0 Å². The predicted octanol–water partition coefficient (Wildman–Crippen LogP) is 3.93. The standard InChI is InChI=1S/C21H15ClFN5O2/c1-12-25-18(30-26-12)10-27-11-24-19-16-8-15(23)5-6-17(16)28(20(19)21(27)29)9-13-3-2-4-14(22)7-13/h2-8,11H,9-10H2,1H3. The molecule has 0 unspecified atom stereocenters. The van der Waals surface area contributed by atoms with Crippen molar-refractivity contribution in [3.8, 4) is 0 Å². The molecule has 30 heavy (non-hydrogen) atoms. The molecule has 0 saturated heterocycles. The molecule has 0 atom stereocenters. The van der Waals surface area contributed by atoms with Crippen LogP contribution < -0.4 is 5.56 Å². The summed E-state index contributed by atoms with van der Waals surface area (Å²) < 4.78 is 22.3. The van der Waals surface area contributed by atoms with Crippen LogP contribution in [0.4, 0.5) is 4.39 Å². The summed E-state index contributed by atoms with van der Waals surface area (Å²) in [6.07, 6.45) is 1.41. The van der Waals surface area contributed by atoms with Crippen LogP contribution in [0.3, 0.4) is 0 Å². The SMILES string of the molecule is Cc1noc(Cn2cnc3c4cc(F)ccc4n(Cc4cccc(Cl)c4)c3c2=O)n1. The van der Waals surface area contributed by atoms with Gasteiger partial charge in [-0.2, -0.15) is 4.98 Å². The molecule has 0 spiro atoms. The van der Waals surface area contributed by atoms with Gasteiger partial charge < -0.3 is 9.09 Å². The summed E-state index contributed by atoms with van der Waals surface area (Å²) in [5.41, 5.74) is 2.15. The maximum Gasteiger partial charge on any atom is 0.278 e. The number of aromatic nitrogens is 5. The molecule has 0 aliphatic heterocycles. The van der Waals surface area contributed by atoms with Crippen LogP contribution in [0.2, 0.25) is 5.02 Å². The average molecular weight is 424 g/mol. The van der Waals surface area contributed by atoms with E-state index in [1.54, 1.807) is 19.1 Å². The van der Waals surface area contributed by atoms with E-state index in [0.717, 1.165) is 5.56 Å². The highest BCUT2D eigenvalue weighted by Gasteiger charge is 2.18. The monoisotopic (exact) mass is 423 g/mol. The quantitative estimate of drug-likeness (QED) is 0.437. The molecule has 0 aliphatic carbocycles. The lowest BCUT2D eigenvalue weighted by Gasteiger charge is -2.09. The summed E-state index contributed by atoms with van der Waals surface area (Å²) in [6, 6.07) is 11.8. The van der Waals surface area contributed by atoms with Gasteiger partial charge in [-0.25, -0.2) is 9.37 Å². The van der Waals surface area contributed by atoms with Gasteiger partial charge in [0.15, 0.2) is 5.82 Å². The minimum Gasteiger partial charge on any atom is -0.337 e. The molecule has 3 aromatic heterocycles. The fourth-order valence-corrected chi connectivity index (χ4v) is 3.83. The number of hydrogen-bond acceptors (Lipinski definition) is 5. The number of halogens is 2. The van der Waals surface area contributed by atoms with Gasteiger partial charge in [0.1, 0.15) is 23.4 Å². The number of benzene rings is 2. The number of fused-ring (bicyclic) bond motifs is 3. The van der Waals surface area contributed by atoms with E-state index in [-0.39, 0.29) is 12.1 Å². The van der Waals surface area contributed by atoms with E-state index >= 15 is 0 Å². The molecule has 0 radical (unpaired) electrons. The van der Waals surface area contributed by atoms with E-state index in [4.69, 9.17) is 16.1 Å². The first kappa shape index (κ1) is 18.5. The highest BCUT2D eigenvalue weighted by atomic mass is 35.5. The van der Waals surface area contributed by atoms with Gasteiger partial charge in [-0.1, -0.05) is 28.9 Å². The minimum absolute atomic E-state index is 0.0929. The van der Waals surface area contributed by atoms with Crippen molar-refractivity contribution in [2.24, 2.45) is 0 Å². The highest BCUT2D eigenvalue weighted by Crippen LogP contribution is 2.27. The Morgan fingerprint density at radius 2 is 2.03 bits per heavy atom. The van der Waals surface area contributed by atoms with Crippen molar-refractivity contribution in [2.45, 2.75) is 20.0 Å². The molecule has 2 aromatic carbocycles. The number of hydrogen-bond donors (Lipinski definition) is 0. The molecule has 0 N–H and O–H groups in total. The fraction of sp³-hybridized carbons (Fsp3) is 0.143. The van der Waals surface area contributed by atoms with Crippen LogP contribution in [0, 0.1) is 12.7 Å². The Bertz CT molecular complexity index is 1470. The summed E-state index contributed by atoms with van der Waals surface area (Å²) in [4.78, 5) is 22.0. The molecular weight excluding hydrogens is 409 g/mol. The van der Waals surface area contributed by atoms with Crippen LogP contribution in [0.15, 0.2) is 58.1 Å². The molecular formula is C21H15ClFN5O2. The lowest BCUT2D eigenvalue weighted by molar-refractivity contribution is 0.366. The van der Waals surface area contributed by atoms with Crippen molar-refractivity contribution in [1.29, 1.82) is 0 Å². The van der Waals surface area contributed by atoms with E-state index in [1.807, 2.05) is 22.8 Å². The second kappa shape index (κ2) is 7.07. The first-order chi connectivity index (χ1) is 14.5. The third-order valence-electron chi connectivity index (χ3n) is 4.89. The van der Waals surface area contributed by atoms with Crippen LogP contribution in [-0.4, -0.2) is 24.3 Å². The van der Waals surface area contributed by atoms with Gasteiger partial charge in [-0.3, -0.25) is 9.36 Å². The average Bonchev–Trinajstić information content (AvgIpc) is 3.25. The molecule has 9 heteroatoms. The molecule has 0 aliphatic rings. The van der Waals surface area contributed by atoms with Gasteiger partial charge in [0.05, 0.1) is 11.8 Å². The Labute approximate surface area is 174 Å². The summed E-state index contributed by atoms with van der Waals surface area (Å²) in [7, 11) is 0. The van der Waals surface area contributed by atoms with Gasteiger partial charge in [-0.15, -0.1) is 0 Å². The van der Waals surface area contributed by atoms with Crippen molar-refractivity contribution in [3.63, 3.8) is 0 Å². The zero-order valence-corrected chi connectivity index (χ0v) is 16.6. The lowest BCUT2D eigenvalue weighted by Crippen LogP contribution is -2.23. The van der Waals surface area contributed by atoms with Gasteiger partial charge >= 0.3 is 0 Å². The topological polar surface area (TPSA) is 78.7 Å². The molecule has 0 amide bonds.